The van der Waals surface area contributed by atoms with E-state index in [1.807, 2.05) is 60.7 Å². The predicted octanol–water partition coefficient (Wildman–Crippen LogP) is 6.36. The number of hydrogen-bond acceptors (Lipinski definition) is 7. The Labute approximate surface area is 175 Å². The lowest BCUT2D eigenvalue weighted by atomic mass is 10.2. The van der Waals surface area contributed by atoms with Gasteiger partial charge in [-0.2, -0.15) is 20.5 Å². The van der Waals surface area contributed by atoms with Gasteiger partial charge in [-0.25, -0.2) is 0 Å². The third kappa shape index (κ3) is 5.27. The molecule has 3 aromatic carbocycles. The van der Waals surface area contributed by atoms with Crippen molar-refractivity contribution < 1.29 is 9.47 Å². The van der Waals surface area contributed by atoms with Crippen LogP contribution in [-0.2, 0) is 4.74 Å². The topological polar surface area (TPSA) is 71.1 Å². The molecule has 0 spiro atoms. The first-order chi connectivity index (χ1) is 14.8. The molecule has 1 aliphatic heterocycles. The van der Waals surface area contributed by atoms with Crippen molar-refractivity contribution in [1.82, 2.24) is 0 Å². The summed E-state index contributed by atoms with van der Waals surface area (Å²) in [5, 5.41) is 17.1. The zero-order valence-corrected chi connectivity index (χ0v) is 16.8. The molecule has 3 aromatic rings. The van der Waals surface area contributed by atoms with Gasteiger partial charge in [-0.3, -0.25) is 0 Å². The van der Waals surface area contributed by atoms with E-state index in [0.29, 0.717) is 0 Å². The lowest BCUT2D eigenvalue weighted by Crippen LogP contribution is -2.36. The van der Waals surface area contributed by atoms with Crippen molar-refractivity contribution in [3.63, 3.8) is 0 Å². The van der Waals surface area contributed by atoms with E-state index in [0.717, 1.165) is 54.8 Å². The molecule has 1 fully saturated rings. The number of nitrogens with zero attached hydrogens (tertiary/aromatic N) is 5. The van der Waals surface area contributed by atoms with Gasteiger partial charge in [0.05, 0.1) is 43.1 Å². The summed E-state index contributed by atoms with van der Waals surface area (Å²) < 4.78 is 10.5. The van der Waals surface area contributed by atoms with Gasteiger partial charge in [0.15, 0.2) is 0 Å². The van der Waals surface area contributed by atoms with Crippen molar-refractivity contribution in [2.75, 3.05) is 38.3 Å². The average molecular weight is 401 g/mol. The molecule has 0 atom stereocenters. The molecule has 7 heteroatoms. The molecule has 1 heterocycles. The number of hydrogen-bond donors (Lipinski definition) is 0. The minimum Gasteiger partial charge on any atom is -0.497 e. The van der Waals surface area contributed by atoms with Gasteiger partial charge in [0, 0.05) is 18.8 Å². The summed E-state index contributed by atoms with van der Waals surface area (Å²) in [5.74, 6) is 0.791. The molecule has 0 amide bonds. The number of rotatable bonds is 6. The van der Waals surface area contributed by atoms with Crippen LogP contribution in [0.15, 0.2) is 93.3 Å². The fourth-order valence-corrected chi connectivity index (χ4v) is 3.02. The Hall–Kier alpha value is -3.58. The van der Waals surface area contributed by atoms with Crippen molar-refractivity contribution in [3.05, 3.63) is 72.8 Å². The van der Waals surface area contributed by atoms with Gasteiger partial charge < -0.3 is 14.4 Å². The van der Waals surface area contributed by atoms with Crippen LogP contribution in [0.3, 0.4) is 0 Å². The Bertz CT molecular complexity index is 993. The highest BCUT2D eigenvalue weighted by atomic mass is 16.5. The Morgan fingerprint density at radius 1 is 0.633 bits per heavy atom. The van der Waals surface area contributed by atoms with Crippen LogP contribution in [0, 0.1) is 0 Å². The Morgan fingerprint density at radius 2 is 1.03 bits per heavy atom. The summed E-state index contributed by atoms with van der Waals surface area (Å²) in [5.41, 5.74) is 4.27. The van der Waals surface area contributed by atoms with Gasteiger partial charge in [-0.1, -0.05) is 0 Å². The number of benzene rings is 3. The van der Waals surface area contributed by atoms with Gasteiger partial charge in [0.25, 0.3) is 0 Å². The smallest absolute Gasteiger partial charge is 0.119 e. The molecule has 0 bridgehead atoms. The van der Waals surface area contributed by atoms with Gasteiger partial charge in [0.2, 0.25) is 0 Å². The average Bonchev–Trinajstić information content (AvgIpc) is 2.83. The zero-order chi connectivity index (χ0) is 20.6. The van der Waals surface area contributed by atoms with E-state index in [-0.39, 0.29) is 0 Å². The Kier molecular flexibility index (Phi) is 6.41. The summed E-state index contributed by atoms with van der Waals surface area (Å²) in [6.07, 6.45) is 0. The first-order valence-electron chi connectivity index (χ1n) is 9.80. The number of methoxy groups -OCH3 is 1. The lowest BCUT2D eigenvalue weighted by molar-refractivity contribution is 0.122. The quantitative estimate of drug-likeness (QED) is 0.451. The van der Waals surface area contributed by atoms with Gasteiger partial charge in [-0.05, 0) is 72.8 Å². The second kappa shape index (κ2) is 9.76. The third-order valence-corrected chi connectivity index (χ3v) is 4.71. The van der Waals surface area contributed by atoms with Crippen LogP contribution in [0.1, 0.15) is 0 Å². The molecule has 152 valence electrons. The van der Waals surface area contributed by atoms with Crippen molar-refractivity contribution in [1.29, 1.82) is 0 Å². The van der Waals surface area contributed by atoms with E-state index in [4.69, 9.17) is 9.47 Å². The Morgan fingerprint density at radius 3 is 1.47 bits per heavy atom. The van der Waals surface area contributed by atoms with Crippen molar-refractivity contribution in [3.8, 4) is 5.75 Å². The summed E-state index contributed by atoms with van der Waals surface area (Å²) >= 11 is 0. The van der Waals surface area contributed by atoms with Crippen LogP contribution in [0.4, 0.5) is 28.4 Å². The van der Waals surface area contributed by atoms with Crippen molar-refractivity contribution >= 4 is 28.4 Å². The van der Waals surface area contributed by atoms with Gasteiger partial charge >= 0.3 is 0 Å². The van der Waals surface area contributed by atoms with Crippen LogP contribution < -0.4 is 9.64 Å². The maximum Gasteiger partial charge on any atom is 0.119 e. The number of ether oxygens (including phenoxy) is 2. The summed E-state index contributed by atoms with van der Waals surface area (Å²) in [6.45, 7) is 3.39. The second-order valence-corrected chi connectivity index (χ2v) is 6.73. The molecular formula is C23H23N5O2. The summed E-state index contributed by atoms with van der Waals surface area (Å²) in [7, 11) is 1.63. The monoisotopic (exact) mass is 401 g/mol. The molecular weight excluding hydrogens is 378 g/mol. The summed E-state index contributed by atoms with van der Waals surface area (Å²) in [6, 6.07) is 23.0. The molecule has 0 aliphatic carbocycles. The highest BCUT2D eigenvalue weighted by Crippen LogP contribution is 2.25. The molecule has 4 rings (SSSR count). The van der Waals surface area contributed by atoms with E-state index < -0.39 is 0 Å². The fraction of sp³-hybridized carbons (Fsp3) is 0.217. The lowest BCUT2D eigenvalue weighted by Gasteiger charge is -2.28. The standard InChI is InChI=1S/C23H23N5O2/c1-29-23-12-8-21(9-13-23)27-25-19-4-2-18(3-5-19)24-26-20-6-10-22(11-7-20)28-14-16-30-17-15-28/h2-13H,14-17H2,1H3. The Balaban J connectivity index is 1.35. The van der Waals surface area contributed by atoms with Gasteiger partial charge in [-0.15, -0.1) is 0 Å². The maximum absolute atomic E-state index is 5.39. The minimum atomic E-state index is 0.750. The molecule has 0 radical (unpaired) electrons. The molecule has 30 heavy (non-hydrogen) atoms. The third-order valence-electron chi connectivity index (χ3n) is 4.71. The first-order valence-corrected chi connectivity index (χ1v) is 9.80. The van der Waals surface area contributed by atoms with Crippen LogP contribution in [0.2, 0.25) is 0 Å². The zero-order valence-electron chi connectivity index (χ0n) is 16.8. The number of anilines is 1. The predicted molar refractivity (Wildman–Crippen MR) is 117 cm³/mol. The minimum absolute atomic E-state index is 0.750. The highest BCUT2D eigenvalue weighted by Gasteiger charge is 2.10. The van der Waals surface area contributed by atoms with E-state index in [1.54, 1.807) is 7.11 Å². The second-order valence-electron chi connectivity index (χ2n) is 6.73. The van der Waals surface area contributed by atoms with Gasteiger partial charge in [0.1, 0.15) is 5.75 Å². The van der Waals surface area contributed by atoms with Crippen molar-refractivity contribution in [2.45, 2.75) is 0 Å². The van der Waals surface area contributed by atoms with Crippen LogP contribution >= 0.6 is 0 Å². The first kappa shape index (κ1) is 19.7. The van der Waals surface area contributed by atoms with Crippen LogP contribution in [-0.4, -0.2) is 33.4 Å². The highest BCUT2D eigenvalue weighted by molar-refractivity contribution is 5.53. The molecule has 1 saturated heterocycles. The van der Waals surface area contributed by atoms with E-state index in [2.05, 4.69) is 37.5 Å². The molecule has 1 aliphatic rings. The van der Waals surface area contributed by atoms with E-state index in [9.17, 15) is 0 Å². The number of azo groups is 2. The number of morpholine rings is 1. The van der Waals surface area contributed by atoms with E-state index in [1.165, 1.54) is 5.69 Å². The molecule has 0 aromatic heterocycles. The maximum atomic E-state index is 5.39. The van der Waals surface area contributed by atoms with E-state index >= 15 is 0 Å². The summed E-state index contributed by atoms with van der Waals surface area (Å²) in [4.78, 5) is 2.31. The van der Waals surface area contributed by atoms with Crippen molar-refractivity contribution in [2.24, 2.45) is 20.5 Å². The molecule has 7 nitrogen and oxygen atoms in total. The molecule has 0 unspecified atom stereocenters. The molecule has 0 N–H and O–H groups in total. The normalized spacial score (nSPS) is 14.5. The largest absolute Gasteiger partial charge is 0.497 e. The van der Waals surface area contributed by atoms with Crippen LogP contribution in [0.5, 0.6) is 5.75 Å². The molecule has 0 saturated carbocycles. The fourth-order valence-electron chi connectivity index (χ4n) is 3.02. The van der Waals surface area contributed by atoms with Crippen LogP contribution in [0.25, 0.3) is 0 Å². The SMILES string of the molecule is COc1ccc(N=Nc2ccc(N=Nc3ccc(N4CCOCC4)cc3)cc2)cc1.